The van der Waals surface area contributed by atoms with Crippen LogP contribution in [-0.2, 0) is 26.9 Å². The molecule has 9 nitrogen and oxygen atoms in total. The first kappa shape index (κ1) is 20.8. The Balaban J connectivity index is 1.27. The van der Waals surface area contributed by atoms with Crippen molar-refractivity contribution < 1.29 is 13.8 Å². The summed E-state index contributed by atoms with van der Waals surface area (Å²) in [4.78, 5) is 22.2. The number of fused-ring (bicyclic) bond motifs is 2. The second-order valence-corrected chi connectivity index (χ2v) is 8.55. The van der Waals surface area contributed by atoms with Crippen LogP contribution >= 0.6 is 12.0 Å². The predicted octanol–water partition coefficient (Wildman–Crippen LogP) is 3.49. The number of anilines is 2. The topological polar surface area (TPSA) is 93.5 Å². The number of nitrogens with zero attached hydrogens (tertiary/aromatic N) is 4. The Morgan fingerprint density at radius 2 is 2.25 bits per heavy atom. The number of ether oxygens (including phenoxy) is 1. The van der Waals surface area contributed by atoms with Gasteiger partial charge in [-0.25, -0.2) is 0 Å². The first-order valence-corrected chi connectivity index (χ1v) is 11.2. The Kier molecular flexibility index (Phi) is 5.73. The highest BCUT2D eigenvalue weighted by atomic mass is 32.2. The average Bonchev–Trinajstić information content (AvgIpc) is 3.49. The maximum Gasteiger partial charge on any atom is 0.233 e. The fourth-order valence-corrected chi connectivity index (χ4v) is 4.40. The second kappa shape index (κ2) is 8.81. The molecule has 32 heavy (non-hydrogen) atoms. The predicted molar refractivity (Wildman–Crippen MR) is 121 cm³/mol. The number of aromatic nitrogens is 3. The first-order valence-electron chi connectivity index (χ1n) is 10.5. The van der Waals surface area contributed by atoms with Crippen LogP contribution in [-0.4, -0.2) is 38.9 Å². The van der Waals surface area contributed by atoms with Crippen LogP contribution in [0, 0.1) is 6.92 Å². The summed E-state index contributed by atoms with van der Waals surface area (Å²) < 4.78 is 10.8. The Hall–Kier alpha value is -3.08. The average molecular weight is 453 g/mol. The van der Waals surface area contributed by atoms with Crippen molar-refractivity contribution in [2.75, 3.05) is 24.1 Å². The van der Waals surface area contributed by atoms with Gasteiger partial charge in [-0.1, -0.05) is 6.07 Å². The Morgan fingerprint density at radius 1 is 1.34 bits per heavy atom. The molecule has 0 aliphatic carbocycles. The normalized spacial score (nSPS) is 15.2. The molecule has 2 aliphatic rings. The zero-order valence-electron chi connectivity index (χ0n) is 17.9. The number of hydrogen-bond acceptors (Lipinski definition) is 8. The third-order valence-corrected chi connectivity index (χ3v) is 6.21. The van der Waals surface area contributed by atoms with Gasteiger partial charge in [0.05, 0.1) is 59.3 Å². The third-order valence-electron chi connectivity index (χ3n) is 5.52. The maximum absolute atomic E-state index is 13.3. The summed E-state index contributed by atoms with van der Waals surface area (Å²) in [5, 5.41) is 4.63. The van der Waals surface area contributed by atoms with Crippen LogP contribution in [0.4, 0.5) is 11.4 Å². The highest BCUT2D eigenvalue weighted by Crippen LogP contribution is 2.36. The van der Waals surface area contributed by atoms with Crippen molar-refractivity contribution in [3.63, 3.8) is 0 Å². The van der Waals surface area contributed by atoms with Crippen molar-refractivity contribution in [2.24, 2.45) is 0 Å². The molecule has 1 unspecified atom stereocenters. The molecule has 2 aliphatic heterocycles. The standard InChI is InChI=1S/C22H24N6O3S/c1-3-30-13-18(15-5-4-14(2)23-9-15)22(29)27-10-16-11-28(25-20(16)12-27)24-17-6-7-19-21(8-17)32-31-26-19/h4-9,11,18,24,26H,3,10,12-13H2,1-2H3. The van der Waals surface area contributed by atoms with Crippen molar-refractivity contribution in [3.05, 3.63) is 65.2 Å². The van der Waals surface area contributed by atoms with Gasteiger partial charge in [0.25, 0.3) is 0 Å². The molecule has 4 heterocycles. The molecule has 0 saturated heterocycles. The highest BCUT2D eigenvalue weighted by Gasteiger charge is 2.32. The number of benzene rings is 1. The molecular weight excluding hydrogens is 428 g/mol. The number of carbonyl (C=O) groups excluding carboxylic acids is 1. The molecule has 0 bridgehead atoms. The SMILES string of the molecule is CCOCC(C(=O)N1Cc2cn(Nc3ccc4c(c3)SON4)nc2C1)c1ccc(C)nc1. The van der Waals surface area contributed by atoms with Crippen LogP contribution in [0.5, 0.6) is 0 Å². The van der Waals surface area contributed by atoms with E-state index in [2.05, 4.69) is 21.0 Å². The molecule has 10 heteroatoms. The van der Waals surface area contributed by atoms with E-state index in [9.17, 15) is 4.79 Å². The first-order chi connectivity index (χ1) is 15.6. The van der Waals surface area contributed by atoms with Gasteiger partial charge in [0.15, 0.2) is 0 Å². The molecule has 5 rings (SSSR count). The number of amides is 1. The summed E-state index contributed by atoms with van der Waals surface area (Å²) in [6.07, 6.45) is 3.70. The largest absolute Gasteiger partial charge is 0.381 e. The molecule has 1 amide bonds. The van der Waals surface area contributed by atoms with Gasteiger partial charge in [-0.05, 0) is 43.7 Å². The number of hydrogen-bond donors (Lipinski definition) is 2. The lowest BCUT2D eigenvalue weighted by Crippen LogP contribution is -2.33. The fraction of sp³-hybridized carbons (Fsp3) is 0.318. The van der Waals surface area contributed by atoms with Crippen molar-refractivity contribution in [1.82, 2.24) is 19.8 Å². The molecule has 0 saturated carbocycles. The lowest BCUT2D eigenvalue weighted by Gasteiger charge is -2.23. The van der Waals surface area contributed by atoms with Crippen molar-refractivity contribution in [3.8, 4) is 0 Å². The quantitative estimate of drug-likeness (QED) is 0.526. The Bertz CT molecular complexity index is 1110. The van der Waals surface area contributed by atoms with Gasteiger partial charge in [-0.2, -0.15) is 14.2 Å². The van der Waals surface area contributed by atoms with Gasteiger partial charge in [0.1, 0.15) is 0 Å². The van der Waals surface area contributed by atoms with Crippen molar-refractivity contribution >= 4 is 29.3 Å². The minimum Gasteiger partial charge on any atom is -0.381 e. The minimum atomic E-state index is -0.378. The Morgan fingerprint density at radius 3 is 3.03 bits per heavy atom. The van der Waals surface area contributed by atoms with Gasteiger partial charge in [-0.15, -0.1) is 0 Å². The zero-order valence-corrected chi connectivity index (χ0v) is 18.7. The number of rotatable bonds is 7. The smallest absolute Gasteiger partial charge is 0.233 e. The van der Waals surface area contributed by atoms with E-state index >= 15 is 0 Å². The van der Waals surface area contributed by atoms with Crippen molar-refractivity contribution in [2.45, 2.75) is 37.8 Å². The molecule has 0 fully saturated rings. The van der Waals surface area contributed by atoms with Crippen LogP contribution in [0.2, 0.25) is 0 Å². The summed E-state index contributed by atoms with van der Waals surface area (Å²) in [5.74, 6) is -0.346. The maximum atomic E-state index is 13.3. The van der Waals surface area contributed by atoms with E-state index in [-0.39, 0.29) is 11.8 Å². The van der Waals surface area contributed by atoms with Crippen LogP contribution in [0.25, 0.3) is 0 Å². The van der Waals surface area contributed by atoms with Crippen LogP contribution in [0.15, 0.2) is 47.6 Å². The van der Waals surface area contributed by atoms with E-state index in [4.69, 9.17) is 9.02 Å². The Labute approximate surface area is 190 Å². The van der Waals surface area contributed by atoms with E-state index in [0.717, 1.165) is 38.8 Å². The van der Waals surface area contributed by atoms with Gasteiger partial charge >= 0.3 is 0 Å². The van der Waals surface area contributed by atoms with Gasteiger partial charge in [0.2, 0.25) is 5.91 Å². The number of aryl methyl sites for hydroxylation is 1. The second-order valence-electron chi connectivity index (χ2n) is 7.78. The molecule has 2 aromatic heterocycles. The van der Waals surface area contributed by atoms with E-state index in [1.807, 2.05) is 55.3 Å². The van der Waals surface area contributed by atoms with Crippen LogP contribution < -0.4 is 10.9 Å². The van der Waals surface area contributed by atoms with E-state index in [1.165, 1.54) is 12.0 Å². The molecular formula is C22H24N6O3S. The van der Waals surface area contributed by atoms with Crippen molar-refractivity contribution in [1.29, 1.82) is 0 Å². The summed E-state index contributed by atoms with van der Waals surface area (Å²) >= 11 is 1.29. The summed E-state index contributed by atoms with van der Waals surface area (Å²) in [6.45, 7) is 5.76. The van der Waals surface area contributed by atoms with Gasteiger partial charge in [0, 0.05) is 30.6 Å². The summed E-state index contributed by atoms with van der Waals surface area (Å²) in [6, 6.07) is 9.79. The fourth-order valence-electron chi connectivity index (χ4n) is 3.81. The van der Waals surface area contributed by atoms with E-state index in [1.54, 1.807) is 11.0 Å². The molecule has 166 valence electrons. The minimum absolute atomic E-state index is 0.0322. The van der Waals surface area contributed by atoms with E-state index < -0.39 is 0 Å². The highest BCUT2D eigenvalue weighted by molar-refractivity contribution is 7.95. The molecule has 0 spiro atoms. The third kappa shape index (κ3) is 4.16. The molecule has 1 aromatic carbocycles. The number of pyridine rings is 1. The van der Waals surface area contributed by atoms with Gasteiger partial charge < -0.3 is 9.64 Å². The van der Waals surface area contributed by atoms with Crippen LogP contribution in [0.1, 0.15) is 35.4 Å². The van der Waals surface area contributed by atoms with Crippen LogP contribution in [0.3, 0.4) is 0 Å². The lowest BCUT2D eigenvalue weighted by molar-refractivity contribution is -0.135. The zero-order chi connectivity index (χ0) is 22.1. The summed E-state index contributed by atoms with van der Waals surface area (Å²) in [5.41, 5.74) is 11.7. The monoisotopic (exact) mass is 452 g/mol. The molecule has 0 radical (unpaired) electrons. The summed E-state index contributed by atoms with van der Waals surface area (Å²) in [7, 11) is 0. The molecule has 2 N–H and O–H groups in total. The number of nitrogens with one attached hydrogen (secondary N) is 2. The van der Waals surface area contributed by atoms with Gasteiger partial charge in [-0.3, -0.25) is 20.7 Å². The molecule has 1 atom stereocenters. The van der Waals surface area contributed by atoms with E-state index in [0.29, 0.717) is 26.3 Å². The molecule has 3 aromatic rings. The number of carbonyl (C=O) groups is 1. The lowest BCUT2D eigenvalue weighted by atomic mass is 10.00.